The molecule has 1 saturated carbocycles. The van der Waals surface area contributed by atoms with Gasteiger partial charge in [-0.05, 0) is 12.8 Å². The Morgan fingerprint density at radius 2 is 2.36 bits per heavy atom. The third kappa shape index (κ3) is 2.57. The number of ether oxygens (including phenoxy) is 1. The van der Waals surface area contributed by atoms with Crippen molar-refractivity contribution >= 4 is 27.7 Å². The first-order valence-corrected chi connectivity index (χ1v) is 5.28. The van der Waals surface area contributed by atoms with Crippen LogP contribution < -0.4 is 5.32 Å². The van der Waals surface area contributed by atoms with Crippen molar-refractivity contribution in [2.45, 2.75) is 25.0 Å². The SMILES string of the molecule is COC1CC(NC(=O)SS)C1. The van der Waals surface area contributed by atoms with Gasteiger partial charge in [-0.3, -0.25) is 4.79 Å². The van der Waals surface area contributed by atoms with E-state index in [0.29, 0.717) is 12.1 Å². The van der Waals surface area contributed by atoms with Crippen LogP contribution in [0.2, 0.25) is 0 Å². The molecule has 1 aliphatic rings. The van der Waals surface area contributed by atoms with E-state index in [4.69, 9.17) is 4.74 Å². The Labute approximate surface area is 75.1 Å². The van der Waals surface area contributed by atoms with Crippen LogP contribution in [0.25, 0.3) is 0 Å². The average molecular weight is 193 g/mol. The molecular formula is C6H11NO2S2. The summed E-state index contributed by atoms with van der Waals surface area (Å²) in [6.45, 7) is 0. The molecule has 0 atom stereocenters. The Morgan fingerprint density at radius 3 is 2.82 bits per heavy atom. The van der Waals surface area contributed by atoms with Crippen LogP contribution in [0.4, 0.5) is 4.79 Å². The molecule has 0 unspecified atom stereocenters. The van der Waals surface area contributed by atoms with Gasteiger partial charge in [-0.1, -0.05) is 0 Å². The molecule has 0 aliphatic heterocycles. The Hall–Kier alpha value is 0.130. The number of carbonyl (C=O) groups excluding carboxylic acids is 1. The molecule has 0 radical (unpaired) electrons. The zero-order chi connectivity index (χ0) is 8.27. The average Bonchev–Trinajstić information content (AvgIpc) is 1.95. The predicted octanol–water partition coefficient (Wildman–Crippen LogP) is 1.45. The molecule has 0 aromatic rings. The van der Waals surface area contributed by atoms with Gasteiger partial charge in [0, 0.05) is 23.9 Å². The fourth-order valence-electron chi connectivity index (χ4n) is 1.07. The molecule has 1 aliphatic carbocycles. The van der Waals surface area contributed by atoms with Gasteiger partial charge in [0.1, 0.15) is 0 Å². The van der Waals surface area contributed by atoms with E-state index in [1.807, 2.05) is 0 Å². The lowest BCUT2D eigenvalue weighted by Gasteiger charge is -2.34. The van der Waals surface area contributed by atoms with Crippen molar-refractivity contribution in [1.82, 2.24) is 5.32 Å². The van der Waals surface area contributed by atoms with Gasteiger partial charge in [0.05, 0.1) is 6.10 Å². The van der Waals surface area contributed by atoms with Gasteiger partial charge in [0.2, 0.25) is 0 Å². The number of rotatable bonds is 2. The lowest BCUT2D eigenvalue weighted by Crippen LogP contribution is -2.46. The molecule has 0 heterocycles. The van der Waals surface area contributed by atoms with E-state index in [2.05, 4.69) is 17.0 Å². The van der Waals surface area contributed by atoms with Crippen molar-refractivity contribution in [1.29, 1.82) is 0 Å². The van der Waals surface area contributed by atoms with Gasteiger partial charge < -0.3 is 10.1 Å². The Morgan fingerprint density at radius 1 is 1.73 bits per heavy atom. The Bertz CT molecular complexity index is 148. The number of methoxy groups -OCH3 is 1. The summed E-state index contributed by atoms with van der Waals surface area (Å²) in [5.41, 5.74) is 0. The molecule has 1 amide bonds. The summed E-state index contributed by atoms with van der Waals surface area (Å²) in [7, 11) is 2.61. The maximum atomic E-state index is 10.7. The van der Waals surface area contributed by atoms with Crippen LogP contribution in [-0.2, 0) is 4.74 Å². The van der Waals surface area contributed by atoms with E-state index in [-0.39, 0.29) is 5.24 Å². The van der Waals surface area contributed by atoms with E-state index >= 15 is 0 Å². The summed E-state index contributed by atoms with van der Waals surface area (Å²) in [6.07, 6.45) is 2.19. The number of hydrogen-bond acceptors (Lipinski definition) is 4. The lowest BCUT2D eigenvalue weighted by molar-refractivity contribution is 0.0215. The van der Waals surface area contributed by atoms with Crippen LogP contribution in [-0.4, -0.2) is 24.5 Å². The molecule has 0 aromatic heterocycles. The third-order valence-corrected chi connectivity index (χ3v) is 2.61. The maximum absolute atomic E-state index is 10.7. The lowest BCUT2D eigenvalue weighted by atomic mass is 9.89. The zero-order valence-corrected chi connectivity index (χ0v) is 7.95. The number of carbonyl (C=O) groups is 1. The fourth-order valence-corrected chi connectivity index (χ4v) is 1.45. The van der Waals surface area contributed by atoms with E-state index < -0.39 is 0 Å². The first kappa shape index (κ1) is 9.22. The minimum Gasteiger partial charge on any atom is -0.381 e. The van der Waals surface area contributed by atoms with Crippen molar-refractivity contribution < 1.29 is 9.53 Å². The summed E-state index contributed by atoms with van der Waals surface area (Å²) in [6, 6.07) is 0.298. The highest BCUT2D eigenvalue weighted by atomic mass is 33.1. The topological polar surface area (TPSA) is 38.3 Å². The first-order valence-electron chi connectivity index (χ1n) is 3.41. The second-order valence-corrected chi connectivity index (χ2v) is 3.65. The van der Waals surface area contributed by atoms with Crippen molar-refractivity contribution in [2.24, 2.45) is 0 Å². The minimum atomic E-state index is -0.0760. The molecule has 0 bridgehead atoms. The van der Waals surface area contributed by atoms with E-state index in [1.54, 1.807) is 7.11 Å². The summed E-state index contributed by atoms with van der Waals surface area (Å²) in [5, 5.41) is 2.72. The van der Waals surface area contributed by atoms with Gasteiger partial charge in [-0.15, -0.1) is 11.7 Å². The molecule has 1 N–H and O–H groups in total. The van der Waals surface area contributed by atoms with Crippen molar-refractivity contribution in [3.8, 4) is 0 Å². The van der Waals surface area contributed by atoms with Crippen LogP contribution in [0.3, 0.4) is 0 Å². The van der Waals surface area contributed by atoms with Gasteiger partial charge in [0.15, 0.2) is 0 Å². The van der Waals surface area contributed by atoms with E-state index in [0.717, 1.165) is 23.6 Å². The highest BCUT2D eigenvalue weighted by Gasteiger charge is 2.29. The normalized spacial score (nSPS) is 29.3. The minimum absolute atomic E-state index is 0.0760. The van der Waals surface area contributed by atoms with E-state index in [9.17, 15) is 4.79 Å². The first-order chi connectivity index (χ1) is 5.26. The second kappa shape index (κ2) is 4.23. The van der Waals surface area contributed by atoms with Crippen LogP contribution in [0.1, 0.15) is 12.8 Å². The number of amides is 1. The fraction of sp³-hybridized carbons (Fsp3) is 0.833. The summed E-state index contributed by atoms with van der Waals surface area (Å²) < 4.78 is 5.05. The third-order valence-electron chi connectivity index (χ3n) is 1.83. The van der Waals surface area contributed by atoms with Crippen LogP contribution in [0, 0.1) is 0 Å². The van der Waals surface area contributed by atoms with Gasteiger partial charge in [-0.25, -0.2) is 0 Å². The van der Waals surface area contributed by atoms with Crippen molar-refractivity contribution in [3.63, 3.8) is 0 Å². The molecule has 64 valence electrons. The number of hydrogen-bond donors (Lipinski definition) is 2. The van der Waals surface area contributed by atoms with Crippen LogP contribution in [0.15, 0.2) is 0 Å². The van der Waals surface area contributed by atoms with Crippen molar-refractivity contribution in [3.05, 3.63) is 0 Å². The van der Waals surface area contributed by atoms with Crippen LogP contribution >= 0.6 is 22.5 Å². The standard InChI is InChI=1S/C6H11NO2S2/c1-9-5-2-4(3-5)7-6(8)11-10/h4-5,10H,2-3H2,1H3,(H,7,8). The molecule has 0 saturated heterocycles. The number of thiol groups is 1. The smallest absolute Gasteiger partial charge is 0.289 e. The van der Waals surface area contributed by atoms with Crippen LogP contribution in [0.5, 0.6) is 0 Å². The summed E-state index contributed by atoms with van der Waals surface area (Å²) >= 11 is 3.77. The van der Waals surface area contributed by atoms with E-state index in [1.165, 1.54) is 0 Å². The Balaban J connectivity index is 2.08. The molecule has 1 fully saturated rings. The summed E-state index contributed by atoms with van der Waals surface area (Å²) in [4.78, 5) is 10.7. The molecule has 0 spiro atoms. The molecule has 1 rings (SSSR count). The highest BCUT2D eigenvalue weighted by Crippen LogP contribution is 2.23. The molecular weight excluding hydrogens is 182 g/mol. The molecule has 3 nitrogen and oxygen atoms in total. The van der Waals surface area contributed by atoms with Gasteiger partial charge in [0.25, 0.3) is 5.24 Å². The van der Waals surface area contributed by atoms with Gasteiger partial charge >= 0.3 is 0 Å². The zero-order valence-electron chi connectivity index (χ0n) is 6.24. The second-order valence-electron chi connectivity index (χ2n) is 2.55. The molecule has 5 heteroatoms. The maximum Gasteiger partial charge on any atom is 0.289 e. The van der Waals surface area contributed by atoms with Gasteiger partial charge in [-0.2, -0.15) is 0 Å². The monoisotopic (exact) mass is 193 g/mol. The molecule has 11 heavy (non-hydrogen) atoms. The summed E-state index contributed by atoms with van der Waals surface area (Å²) in [5.74, 6) is 0. The predicted molar refractivity (Wildman–Crippen MR) is 48.9 cm³/mol. The molecule has 0 aromatic carbocycles. The largest absolute Gasteiger partial charge is 0.381 e. The highest BCUT2D eigenvalue weighted by molar-refractivity contribution is 8.74. The van der Waals surface area contributed by atoms with Crippen molar-refractivity contribution in [2.75, 3.05) is 7.11 Å². The number of nitrogens with one attached hydrogen (secondary N) is 1. The quantitative estimate of drug-likeness (QED) is 0.515. The Kier molecular flexibility index (Phi) is 3.54.